The third-order valence-electron chi connectivity index (χ3n) is 3.99. The molecular weight excluding hydrogens is 210 g/mol. The first kappa shape index (κ1) is 11.2. The van der Waals surface area contributed by atoms with Crippen LogP contribution in [0, 0.1) is 11.8 Å². The van der Waals surface area contributed by atoms with E-state index in [0.717, 1.165) is 17.4 Å². The van der Waals surface area contributed by atoms with Gasteiger partial charge < -0.3 is 10.4 Å². The number of aliphatic hydroxyl groups excluding tert-OH is 1. The number of aliphatic hydroxyl groups is 1. The van der Waals surface area contributed by atoms with E-state index in [1.807, 2.05) is 30.3 Å². The zero-order chi connectivity index (χ0) is 11.7. The normalized spacial score (nSPS) is 21.8. The molecule has 2 heteroatoms. The third-order valence-corrected chi connectivity index (χ3v) is 3.99. The monoisotopic (exact) mass is 231 g/mol. The van der Waals surface area contributed by atoms with E-state index >= 15 is 0 Å². The number of hydrogen-bond acceptors (Lipinski definition) is 2. The Bertz CT molecular complexity index is 344. The van der Waals surface area contributed by atoms with Crippen molar-refractivity contribution in [1.82, 2.24) is 5.32 Å². The summed E-state index contributed by atoms with van der Waals surface area (Å²) >= 11 is 0. The first-order chi connectivity index (χ1) is 8.34. The van der Waals surface area contributed by atoms with Crippen LogP contribution in [0.3, 0.4) is 0 Å². The predicted octanol–water partition coefficient (Wildman–Crippen LogP) is 2.50. The van der Waals surface area contributed by atoms with Gasteiger partial charge in [-0.2, -0.15) is 0 Å². The Hall–Kier alpha value is -0.860. The number of hydrogen-bond donors (Lipinski definition) is 2. The summed E-state index contributed by atoms with van der Waals surface area (Å²) in [4.78, 5) is 0. The fourth-order valence-electron chi connectivity index (χ4n) is 2.67. The van der Waals surface area contributed by atoms with Crippen molar-refractivity contribution in [2.24, 2.45) is 11.8 Å². The molecule has 2 aliphatic rings. The van der Waals surface area contributed by atoms with Crippen LogP contribution in [0.15, 0.2) is 30.3 Å². The van der Waals surface area contributed by atoms with E-state index in [1.54, 1.807) is 0 Å². The SMILES string of the molecule is OC(CNC(C1CC1)C1CC1)c1ccccc1. The Morgan fingerprint density at radius 1 is 1.06 bits per heavy atom. The summed E-state index contributed by atoms with van der Waals surface area (Å²) in [6.45, 7) is 0.696. The summed E-state index contributed by atoms with van der Waals surface area (Å²) in [5.41, 5.74) is 1.02. The molecule has 0 heterocycles. The Balaban J connectivity index is 1.52. The van der Waals surface area contributed by atoms with Gasteiger partial charge >= 0.3 is 0 Å². The number of rotatable bonds is 6. The van der Waals surface area contributed by atoms with Crippen LogP contribution in [0.25, 0.3) is 0 Å². The Morgan fingerprint density at radius 2 is 1.65 bits per heavy atom. The van der Waals surface area contributed by atoms with Gasteiger partial charge in [-0.05, 0) is 43.1 Å². The van der Waals surface area contributed by atoms with Crippen molar-refractivity contribution < 1.29 is 5.11 Å². The quantitative estimate of drug-likeness (QED) is 0.788. The lowest BCUT2D eigenvalue weighted by atomic mass is 10.1. The van der Waals surface area contributed by atoms with Crippen LogP contribution in [0.2, 0.25) is 0 Å². The fourth-order valence-corrected chi connectivity index (χ4v) is 2.67. The molecule has 0 aliphatic heterocycles. The second kappa shape index (κ2) is 4.79. The summed E-state index contributed by atoms with van der Waals surface area (Å²) in [7, 11) is 0. The van der Waals surface area contributed by atoms with E-state index in [4.69, 9.17) is 0 Å². The maximum atomic E-state index is 10.1. The average Bonchev–Trinajstić information content (AvgIpc) is 3.24. The van der Waals surface area contributed by atoms with Crippen LogP contribution in [0.1, 0.15) is 37.4 Å². The molecule has 0 radical (unpaired) electrons. The van der Waals surface area contributed by atoms with Gasteiger partial charge in [0.1, 0.15) is 0 Å². The van der Waals surface area contributed by atoms with E-state index in [1.165, 1.54) is 25.7 Å². The highest BCUT2D eigenvalue weighted by Crippen LogP contribution is 2.44. The molecule has 2 aliphatic carbocycles. The summed E-state index contributed by atoms with van der Waals surface area (Å²) in [5.74, 6) is 1.79. The first-order valence-corrected chi connectivity index (χ1v) is 6.81. The molecule has 92 valence electrons. The molecule has 3 rings (SSSR count). The molecule has 0 spiro atoms. The maximum absolute atomic E-state index is 10.1. The summed E-state index contributed by atoms with van der Waals surface area (Å²) in [6.07, 6.45) is 5.17. The van der Waals surface area contributed by atoms with Crippen molar-refractivity contribution in [3.8, 4) is 0 Å². The Labute approximate surface area is 103 Å². The third kappa shape index (κ3) is 2.88. The molecule has 0 amide bonds. The summed E-state index contributed by atoms with van der Waals surface area (Å²) < 4.78 is 0. The smallest absolute Gasteiger partial charge is 0.0914 e. The molecule has 2 fully saturated rings. The van der Waals surface area contributed by atoms with E-state index < -0.39 is 0 Å². The molecule has 2 nitrogen and oxygen atoms in total. The molecular formula is C15H21NO. The van der Waals surface area contributed by atoms with Crippen molar-refractivity contribution in [3.63, 3.8) is 0 Å². The van der Waals surface area contributed by atoms with Crippen molar-refractivity contribution in [3.05, 3.63) is 35.9 Å². The lowest BCUT2D eigenvalue weighted by molar-refractivity contribution is 0.165. The predicted molar refractivity (Wildman–Crippen MR) is 68.6 cm³/mol. The van der Waals surface area contributed by atoms with Crippen molar-refractivity contribution >= 4 is 0 Å². The molecule has 2 N–H and O–H groups in total. The minimum atomic E-state index is -0.365. The van der Waals surface area contributed by atoms with Crippen LogP contribution in [-0.2, 0) is 0 Å². The molecule has 0 bridgehead atoms. The average molecular weight is 231 g/mol. The topological polar surface area (TPSA) is 32.3 Å². The van der Waals surface area contributed by atoms with Gasteiger partial charge in [0.25, 0.3) is 0 Å². The lowest BCUT2D eigenvalue weighted by Crippen LogP contribution is -2.36. The highest BCUT2D eigenvalue weighted by atomic mass is 16.3. The number of nitrogens with one attached hydrogen (secondary N) is 1. The van der Waals surface area contributed by atoms with E-state index in [9.17, 15) is 5.11 Å². The standard InChI is InChI=1S/C15H21NO/c17-14(11-4-2-1-3-5-11)10-16-15(12-6-7-12)13-8-9-13/h1-5,12-17H,6-10H2. The zero-order valence-corrected chi connectivity index (χ0v) is 10.2. The highest BCUT2D eigenvalue weighted by molar-refractivity contribution is 5.17. The second-order valence-electron chi connectivity index (χ2n) is 5.54. The van der Waals surface area contributed by atoms with Gasteiger partial charge in [-0.1, -0.05) is 30.3 Å². The van der Waals surface area contributed by atoms with Crippen LogP contribution < -0.4 is 5.32 Å². The van der Waals surface area contributed by atoms with Gasteiger partial charge in [-0.15, -0.1) is 0 Å². The van der Waals surface area contributed by atoms with Crippen molar-refractivity contribution in [1.29, 1.82) is 0 Å². The van der Waals surface area contributed by atoms with Crippen LogP contribution in [0.5, 0.6) is 0 Å². The van der Waals surface area contributed by atoms with Crippen LogP contribution in [-0.4, -0.2) is 17.7 Å². The molecule has 0 aromatic heterocycles. The van der Waals surface area contributed by atoms with Gasteiger partial charge in [0, 0.05) is 12.6 Å². The van der Waals surface area contributed by atoms with Gasteiger partial charge in [0.05, 0.1) is 6.10 Å². The summed E-state index contributed by atoms with van der Waals surface area (Å²) in [6, 6.07) is 10.6. The highest BCUT2D eigenvalue weighted by Gasteiger charge is 2.41. The van der Waals surface area contributed by atoms with Gasteiger partial charge in [0.15, 0.2) is 0 Å². The van der Waals surface area contributed by atoms with Crippen molar-refractivity contribution in [2.75, 3.05) is 6.54 Å². The number of benzene rings is 1. The molecule has 1 atom stereocenters. The molecule has 0 saturated heterocycles. The maximum Gasteiger partial charge on any atom is 0.0914 e. The first-order valence-electron chi connectivity index (χ1n) is 6.81. The molecule has 1 aromatic carbocycles. The zero-order valence-electron chi connectivity index (χ0n) is 10.2. The van der Waals surface area contributed by atoms with E-state index in [2.05, 4.69) is 5.32 Å². The Kier molecular flexibility index (Phi) is 3.17. The molecule has 17 heavy (non-hydrogen) atoms. The van der Waals surface area contributed by atoms with Crippen molar-refractivity contribution in [2.45, 2.75) is 37.8 Å². The van der Waals surface area contributed by atoms with E-state index in [-0.39, 0.29) is 6.10 Å². The molecule has 1 unspecified atom stereocenters. The van der Waals surface area contributed by atoms with E-state index in [0.29, 0.717) is 12.6 Å². The largest absolute Gasteiger partial charge is 0.387 e. The minimum Gasteiger partial charge on any atom is -0.387 e. The minimum absolute atomic E-state index is 0.365. The van der Waals surface area contributed by atoms with Gasteiger partial charge in [0.2, 0.25) is 0 Å². The molecule has 1 aromatic rings. The Morgan fingerprint density at radius 3 is 2.18 bits per heavy atom. The van der Waals surface area contributed by atoms with Gasteiger partial charge in [-0.25, -0.2) is 0 Å². The van der Waals surface area contributed by atoms with Crippen LogP contribution >= 0.6 is 0 Å². The lowest BCUT2D eigenvalue weighted by Gasteiger charge is -2.20. The summed E-state index contributed by atoms with van der Waals surface area (Å²) in [5, 5.41) is 13.7. The fraction of sp³-hybridized carbons (Fsp3) is 0.600. The van der Waals surface area contributed by atoms with Crippen LogP contribution in [0.4, 0.5) is 0 Å². The van der Waals surface area contributed by atoms with Gasteiger partial charge in [-0.3, -0.25) is 0 Å². The second-order valence-corrected chi connectivity index (χ2v) is 5.54. The molecule has 2 saturated carbocycles.